The number of alkyl halides is 2. The van der Waals surface area contributed by atoms with Gasteiger partial charge in [-0.1, -0.05) is 0 Å². The van der Waals surface area contributed by atoms with Crippen LogP contribution in [0, 0.1) is 11.6 Å². The van der Waals surface area contributed by atoms with Crippen molar-refractivity contribution in [2.45, 2.75) is 43.4 Å². The van der Waals surface area contributed by atoms with Crippen molar-refractivity contribution in [2.75, 3.05) is 0 Å². The zero-order valence-electron chi connectivity index (χ0n) is 18.0. The molecule has 10 nitrogen and oxygen atoms in total. The Hall–Kier alpha value is -3.94. The minimum Gasteiger partial charge on any atom is -0.377 e. The maximum atomic E-state index is 15.8. The van der Waals surface area contributed by atoms with Crippen LogP contribution in [-0.4, -0.2) is 44.6 Å². The first-order valence-electron chi connectivity index (χ1n) is 10.6. The van der Waals surface area contributed by atoms with Crippen molar-refractivity contribution >= 4 is 0 Å². The predicted octanol–water partition coefficient (Wildman–Crippen LogP) is 2.10. The van der Waals surface area contributed by atoms with Gasteiger partial charge in [0, 0.05) is 11.6 Å². The van der Waals surface area contributed by atoms with Crippen LogP contribution in [0.5, 0.6) is 0 Å². The summed E-state index contributed by atoms with van der Waals surface area (Å²) >= 11 is 0. The number of hydrogen-bond acceptors (Lipinski definition) is 7. The van der Waals surface area contributed by atoms with Gasteiger partial charge in [0.2, 0.25) is 0 Å². The second-order valence-corrected chi connectivity index (χ2v) is 8.28. The van der Waals surface area contributed by atoms with Gasteiger partial charge >= 0.3 is 11.6 Å². The van der Waals surface area contributed by atoms with E-state index in [1.807, 2.05) is 0 Å². The van der Waals surface area contributed by atoms with Crippen molar-refractivity contribution in [1.82, 2.24) is 39.5 Å². The smallest absolute Gasteiger partial charge is 0.350 e. The minimum atomic E-state index is -4.20. The Morgan fingerprint density at radius 1 is 1.11 bits per heavy atom. The lowest BCUT2D eigenvalue weighted by Gasteiger charge is -2.35. The lowest BCUT2D eigenvalue weighted by molar-refractivity contribution is -0.207. The molecule has 1 fully saturated rings. The highest BCUT2D eigenvalue weighted by atomic mass is 19.3. The van der Waals surface area contributed by atoms with Gasteiger partial charge in [0.05, 0.1) is 24.5 Å². The molecule has 0 amide bonds. The van der Waals surface area contributed by atoms with Crippen LogP contribution in [0.25, 0.3) is 5.69 Å². The number of nitrogens with zero attached hydrogens (tertiary/aromatic N) is 8. The van der Waals surface area contributed by atoms with Crippen molar-refractivity contribution in [2.24, 2.45) is 0 Å². The molecule has 1 saturated carbocycles. The number of aliphatic hydroxyl groups is 1. The van der Waals surface area contributed by atoms with Crippen LogP contribution in [0.4, 0.5) is 17.6 Å². The largest absolute Gasteiger partial charge is 0.377 e. The van der Waals surface area contributed by atoms with Gasteiger partial charge in [0.15, 0.2) is 5.60 Å². The third-order valence-electron chi connectivity index (χ3n) is 6.14. The minimum absolute atomic E-state index is 0.00667. The summed E-state index contributed by atoms with van der Waals surface area (Å²) in [6.45, 7) is -0.966. The zero-order valence-corrected chi connectivity index (χ0v) is 18.0. The Labute approximate surface area is 194 Å². The fraction of sp³-hybridized carbons (Fsp3) is 0.333. The molecule has 1 unspecified atom stereocenters. The number of tetrazole rings is 1. The van der Waals surface area contributed by atoms with Gasteiger partial charge in [-0.3, -0.25) is 4.98 Å². The molecule has 1 atom stereocenters. The first-order valence-corrected chi connectivity index (χ1v) is 10.6. The summed E-state index contributed by atoms with van der Waals surface area (Å²) in [5, 5.41) is 25.4. The third kappa shape index (κ3) is 3.79. The SMILES string of the molecule is O=c1n(-c2ccc(C(F)(F)C(O)(Cn3cnnn3)c3ccc(F)cc3F)nc2)cnn1C1CCC1. The Morgan fingerprint density at radius 3 is 2.51 bits per heavy atom. The van der Waals surface area contributed by atoms with Crippen molar-refractivity contribution in [3.63, 3.8) is 0 Å². The van der Waals surface area contributed by atoms with Gasteiger partial charge in [-0.2, -0.15) is 13.9 Å². The summed E-state index contributed by atoms with van der Waals surface area (Å²) in [7, 11) is 0. The number of halogens is 4. The summed E-state index contributed by atoms with van der Waals surface area (Å²) in [4.78, 5) is 16.4. The molecule has 1 aromatic carbocycles. The molecular weight excluding hydrogens is 472 g/mol. The fourth-order valence-electron chi connectivity index (χ4n) is 3.97. The Kier molecular flexibility index (Phi) is 5.46. The normalized spacial score (nSPS) is 16.1. The van der Waals surface area contributed by atoms with Crippen LogP contribution in [-0.2, 0) is 18.1 Å². The molecule has 1 aliphatic carbocycles. The molecule has 0 spiro atoms. The molecule has 0 aliphatic heterocycles. The molecule has 5 rings (SSSR count). The van der Waals surface area contributed by atoms with Crippen molar-refractivity contribution < 1.29 is 22.7 Å². The van der Waals surface area contributed by atoms with E-state index in [9.17, 15) is 18.7 Å². The monoisotopic (exact) mass is 490 g/mol. The van der Waals surface area contributed by atoms with E-state index in [4.69, 9.17) is 0 Å². The third-order valence-corrected chi connectivity index (χ3v) is 6.14. The second-order valence-electron chi connectivity index (χ2n) is 8.28. The van der Waals surface area contributed by atoms with Crippen molar-refractivity contribution in [1.29, 1.82) is 0 Å². The summed E-state index contributed by atoms with van der Waals surface area (Å²) in [6, 6.07) is 4.00. The number of rotatable bonds is 7. The molecule has 0 saturated heterocycles. The number of benzene rings is 1. The van der Waals surface area contributed by atoms with Crippen LogP contribution in [0.2, 0.25) is 0 Å². The molecule has 3 heterocycles. The Morgan fingerprint density at radius 2 is 1.91 bits per heavy atom. The van der Waals surface area contributed by atoms with Gasteiger partial charge < -0.3 is 5.11 Å². The first kappa shape index (κ1) is 22.8. The quantitative estimate of drug-likeness (QED) is 0.395. The topological polar surface area (TPSA) is 117 Å². The molecule has 182 valence electrons. The summed E-state index contributed by atoms with van der Waals surface area (Å²) in [5.41, 5.74) is -5.29. The Balaban J connectivity index is 1.53. The second kappa shape index (κ2) is 8.37. The average molecular weight is 490 g/mol. The van der Waals surface area contributed by atoms with Crippen LogP contribution >= 0.6 is 0 Å². The lowest BCUT2D eigenvalue weighted by Crippen LogP contribution is -2.48. The highest BCUT2D eigenvalue weighted by molar-refractivity contribution is 5.34. The molecule has 0 radical (unpaired) electrons. The number of aromatic nitrogens is 8. The predicted molar refractivity (Wildman–Crippen MR) is 110 cm³/mol. The standard InChI is InChI=1S/C21H18F4N8O2/c22-13-4-6-16(17(23)8-13)20(35,10-31-11-27-29-30-31)21(24,25)18-7-5-15(9-26-18)32-12-28-33(19(32)34)14-2-1-3-14/h4-9,11-12,14,35H,1-3,10H2. The lowest BCUT2D eigenvalue weighted by atomic mass is 9.84. The van der Waals surface area contributed by atoms with Crippen molar-refractivity contribution in [3.8, 4) is 5.69 Å². The molecule has 35 heavy (non-hydrogen) atoms. The van der Waals surface area contributed by atoms with Gasteiger partial charge in [-0.15, -0.1) is 5.10 Å². The fourth-order valence-corrected chi connectivity index (χ4v) is 3.97. The summed E-state index contributed by atoms with van der Waals surface area (Å²) in [5.74, 6) is -6.58. The molecule has 3 aromatic heterocycles. The molecule has 1 aliphatic rings. The zero-order chi connectivity index (χ0) is 24.8. The highest BCUT2D eigenvalue weighted by Gasteiger charge is 2.58. The average Bonchev–Trinajstić information content (AvgIpc) is 3.42. The maximum Gasteiger partial charge on any atom is 0.350 e. The van der Waals surface area contributed by atoms with E-state index >= 15 is 8.78 Å². The van der Waals surface area contributed by atoms with E-state index in [1.54, 1.807) is 0 Å². The van der Waals surface area contributed by atoms with E-state index < -0.39 is 46.6 Å². The van der Waals surface area contributed by atoms with E-state index in [-0.39, 0.29) is 11.7 Å². The van der Waals surface area contributed by atoms with Crippen LogP contribution in [0.3, 0.4) is 0 Å². The Bertz CT molecular complexity index is 1400. The maximum absolute atomic E-state index is 15.8. The molecule has 14 heteroatoms. The molecular formula is C21H18F4N8O2. The summed E-state index contributed by atoms with van der Waals surface area (Å²) < 4.78 is 62.9. The van der Waals surface area contributed by atoms with Crippen LogP contribution in [0.1, 0.15) is 36.6 Å². The molecule has 4 aromatic rings. The van der Waals surface area contributed by atoms with E-state index in [1.165, 1.54) is 21.6 Å². The van der Waals surface area contributed by atoms with E-state index in [0.717, 1.165) is 54.7 Å². The van der Waals surface area contributed by atoms with Gasteiger partial charge in [0.1, 0.15) is 30.0 Å². The van der Waals surface area contributed by atoms with Gasteiger partial charge in [0.25, 0.3) is 0 Å². The molecule has 1 N–H and O–H groups in total. The molecule has 0 bridgehead atoms. The van der Waals surface area contributed by atoms with Crippen molar-refractivity contribution in [3.05, 3.63) is 82.6 Å². The van der Waals surface area contributed by atoms with Gasteiger partial charge in [-0.05, 0) is 54.0 Å². The number of hydrogen-bond donors (Lipinski definition) is 1. The van der Waals surface area contributed by atoms with Gasteiger partial charge in [-0.25, -0.2) is 27.5 Å². The summed E-state index contributed by atoms with van der Waals surface area (Å²) in [6.07, 6.45) is 5.93. The van der Waals surface area contributed by atoms with Crippen LogP contribution < -0.4 is 5.69 Å². The van der Waals surface area contributed by atoms with Crippen LogP contribution in [0.15, 0.2) is 54.0 Å². The number of pyridine rings is 1. The highest BCUT2D eigenvalue weighted by Crippen LogP contribution is 2.46. The van der Waals surface area contributed by atoms with E-state index in [2.05, 4.69) is 25.6 Å². The van der Waals surface area contributed by atoms with E-state index in [0.29, 0.717) is 6.07 Å². The first-order chi connectivity index (χ1) is 16.7.